The van der Waals surface area contributed by atoms with E-state index in [1.807, 2.05) is 0 Å². The average Bonchev–Trinajstić information content (AvgIpc) is 3.37. The van der Waals surface area contributed by atoms with Crippen LogP contribution in [0.15, 0.2) is 101 Å². The van der Waals surface area contributed by atoms with Crippen LogP contribution in [-0.2, 0) is 5.41 Å². The van der Waals surface area contributed by atoms with E-state index >= 15 is 0 Å². The molecule has 7 rings (SSSR count). The zero-order valence-electron chi connectivity index (χ0n) is 15.1. The Morgan fingerprint density at radius 3 is 1.68 bits per heavy atom. The molecule has 1 heterocycles. The molecule has 0 radical (unpaired) electrons. The number of para-hydroxylation sites is 1. The quantitative estimate of drug-likeness (QED) is 0.292. The first kappa shape index (κ1) is 14.5. The predicted molar refractivity (Wildman–Crippen MR) is 113 cm³/mol. The summed E-state index contributed by atoms with van der Waals surface area (Å²) in [4.78, 5) is 0. The minimum atomic E-state index is -0.314. The summed E-state index contributed by atoms with van der Waals surface area (Å²) in [5, 5.41) is 1.21. The second kappa shape index (κ2) is 4.82. The molecule has 0 saturated heterocycles. The van der Waals surface area contributed by atoms with E-state index < -0.39 is 0 Å². The summed E-state index contributed by atoms with van der Waals surface area (Å²) in [5.41, 5.74) is 9.84. The van der Waals surface area contributed by atoms with Crippen molar-refractivity contribution in [3.8, 4) is 22.5 Å². The molecule has 1 spiro atoms. The molecule has 4 aromatic carbocycles. The number of hydrogen-bond donors (Lipinski definition) is 0. The van der Waals surface area contributed by atoms with Crippen LogP contribution in [0.1, 0.15) is 22.3 Å². The minimum absolute atomic E-state index is 0.314. The van der Waals surface area contributed by atoms with Crippen molar-refractivity contribution in [2.45, 2.75) is 5.41 Å². The predicted octanol–water partition coefficient (Wildman–Crippen LogP) is 6.78. The molecule has 28 heavy (non-hydrogen) atoms. The highest BCUT2D eigenvalue weighted by Gasteiger charge is 2.53. The van der Waals surface area contributed by atoms with Crippen LogP contribution in [0.25, 0.3) is 33.4 Å². The van der Waals surface area contributed by atoms with Gasteiger partial charge < -0.3 is 4.42 Å². The third-order valence-corrected chi connectivity index (χ3v) is 6.50. The van der Waals surface area contributed by atoms with Crippen molar-refractivity contribution in [1.82, 2.24) is 0 Å². The van der Waals surface area contributed by atoms with Crippen molar-refractivity contribution >= 4 is 11.0 Å². The maximum absolute atomic E-state index is 6.45. The number of hydrogen-bond acceptors (Lipinski definition) is 1. The van der Waals surface area contributed by atoms with E-state index in [-0.39, 0.29) is 5.41 Å². The second-order valence-corrected chi connectivity index (χ2v) is 7.69. The molecule has 0 aliphatic heterocycles. The Morgan fingerprint density at radius 1 is 0.500 bits per heavy atom. The number of benzene rings is 4. The van der Waals surface area contributed by atoms with Crippen LogP contribution in [0.4, 0.5) is 0 Å². The Kier molecular flexibility index (Phi) is 2.49. The van der Waals surface area contributed by atoms with Crippen molar-refractivity contribution in [3.63, 3.8) is 0 Å². The zero-order chi connectivity index (χ0) is 18.3. The first-order valence-electron chi connectivity index (χ1n) is 9.72. The molecule has 2 aliphatic rings. The van der Waals surface area contributed by atoms with Crippen molar-refractivity contribution in [3.05, 3.63) is 119 Å². The average molecular weight is 356 g/mol. The summed E-state index contributed by atoms with van der Waals surface area (Å²) in [6.07, 6.45) is 0. The molecule has 1 aromatic heterocycles. The molecular weight excluding hydrogens is 340 g/mol. The van der Waals surface area contributed by atoms with Gasteiger partial charge in [-0.3, -0.25) is 0 Å². The van der Waals surface area contributed by atoms with Gasteiger partial charge in [-0.2, -0.15) is 0 Å². The summed E-state index contributed by atoms with van der Waals surface area (Å²) >= 11 is 0. The maximum Gasteiger partial charge on any atom is 0.140 e. The lowest BCUT2D eigenvalue weighted by atomic mass is 9.70. The summed E-state index contributed by atoms with van der Waals surface area (Å²) < 4.78 is 6.45. The van der Waals surface area contributed by atoms with E-state index in [4.69, 9.17) is 4.42 Å². The van der Waals surface area contributed by atoms with Gasteiger partial charge in [-0.25, -0.2) is 0 Å². The van der Waals surface area contributed by atoms with Crippen LogP contribution in [0.3, 0.4) is 0 Å². The van der Waals surface area contributed by atoms with Gasteiger partial charge in [0.2, 0.25) is 0 Å². The third kappa shape index (κ3) is 1.44. The van der Waals surface area contributed by atoms with Gasteiger partial charge in [-0.1, -0.05) is 91.0 Å². The van der Waals surface area contributed by atoms with E-state index in [2.05, 4.69) is 97.1 Å². The van der Waals surface area contributed by atoms with Gasteiger partial charge in [0.05, 0.1) is 5.41 Å². The van der Waals surface area contributed by atoms with E-state index in [9.17, 15) is 0 Å². The standard InChI is InChI=1S/C27H16O/c1-5-13-21-17(9-1)18-10-2-6-14-22(18)27(21)23-15-7-3-11-19(23)26-25(27)20-12-4-8-16-24(20)28-26/h1-16H. The van der Waals surface area contributed by atoms with Gasteiger partial charge >= 0.3 is 0 Å². The Balaban J connectivity index is 1.78. The van der Waals surface area contributed by atoms with Gasteiger partial charge in [0, 0.05) is 16.5 Å². The van der Waals surface area contributed by atoms with Crippen LogP contribution in [-0.4, -0.2) is 0 Å². The van der Waals surface area contributed by atoms with Crippen LogP contribution >= 0.6 is 0 Å². The molecule has 5 aromatic rings. The van der Waals surface area contributed by atoms with E-state index in [1.165, 1.54) is 44.3 Å². The van der Waals surface area contributed by atoms with Gasteiger partial charge in [0.25, 0.3) is 0 Å². The van der Waals surface area contributed by atoms with Crippen molar-refractivity contribution in [1.29, 1.82) is 0 Å². The molecule has 0 N–H and O–H groups in total. The number of furan rings is 1. The summed E-state index contributed by atoms with van der Waals surface area (Å²) in [6, 6.07) is 34.9. The van der Waals surface area contributed by atoms with Crippen LogP contribution in [0.2, 0.25) is 0 Å². The summed E-state index contributed by atoms with van der Waals surface area (Å²) in [6.45, 7) is 0. The Morgan fingerprint density at radius 2 is 1.00 bits per heavy atom. The smallest absolute Gasteiger partial charge is 0.140 e. The minimum Gasteiger partial charge on any atom is -0.456 e. The van der Waals surface area contributed by atoms with E-state index in [0.29, 0.717) is 0 Å². The van der Waals surface area contributed by atoms with Gasteiger partial charge in [0.1, 0.15) is 11.3 Å². The Labute approximate surface area is 162 Å². The first-order valence-corrected chi connectivity index (χ1v) is 9.72. The Bertz CT molecular complexity index is 1370. The largest absolute Gasteiger partial charge is 0.456 e. The normalized spacial score (nSPS) is 14.7. The lowest BCUT2D eigenvalue weighted by molar-refractivity contribution is 0.628. The molecule has 0 atom stereocenters. The van der Waals surface area contributed by atoms with Crippen LogP contribution in [0, 0.1) is 0 Å². The molecule has 1 heteroatoms. The van der Waals surface area contributed by atoms with Gasteiger partial charge in [-0.15, -0.1) is 0 Å². The van der Waals surface area contributed by atoms with E-state index in [0.717, 1.165) is 11.3 Å². The summed E-state index contributed by atoms with van der Waals surface area (Å²) in [5.74, 6) is 1.02. The molecule has 0 amide bonds. The SMILES string of the molecule is c1ccc2c(c1)-c1ccccc1C21c2ccccc2-c2oc3ccccc3c21. The van der Waals surface area contributed by atoms with Gasteiger partial charge in [0.15, 0.2) is 0 Å². The zero-order valence-corrected chi connectivity index (χ0v) is 15.1. The molecule has 0 saturated carbocycles. The molecule has 2 aliphatic carbocycles. The number of fused-ring (bicyclic) bond motifs is 12. The fraction of sp³-hybridized carbons (Fsp3) is 0.0370. The van der Waals surface area contributed by atoms with Crippen molar-refractivity contribution < 1.29 is 4.42 Å². The topological polar surface area (TPSA) is 13.1 Å². The molecule has 0 unspecified atom stereocenters. The summed E-state index contributed by atoms with van der Waals surface area (Å²) in [7, 11) is 0. The monoisotopic (exact) mass is 356 g/mol. The molecule has 1 nitrogen and oxygen atoms in total. The highest BCUT2D eigenvalue weighted by Crippen LogP contribution is 2.64. The molecular formula is C27H16O. The third-order valence-electron chi connectivity index (χ3n) is 6.50. The second-order valence-electron chi connectivity index (χ2n) is 7.69. The lowest BCUT2D eigenvalue weighted by Gasteiger charge is -2.29. The van der Waals surface area contributed by atoms with Gasteiger partial charge in [-0.05, 0) is 33.9 Å². The van der Waals surface area contributed by atoms with Crippen molar-refractivity contribution in [2.24, 2.45) is 0 Å². The number of rotatable bonds is 0. The molecule has 0 bridgehead atoms. The van der Waals surface area contributed by atoms with Crippen LogP contribution < -0.4 is 0 Å². The fourth-order valence-corrected chi connectivity index (χ4v) is 5.54. The maximum atomic E-state index is 6.45. The molecule has 0 fully saturated rings. The van der Waals surface area contributed by atoms with Crippen molar-refractivity contribution in [2.75, 3.05) is 0 Å². The Hall–Kier alpha value is -3.58. The molecule has 130 valence electrons. The lowest BCUT2D eigenvalue weighted by Crippen LogP contribution is -2.25. The van der Waals surface area contributed by atoms with Crippen LogP contribution in [0.5, 0.6) is 0 Å². The highest BCUT2D eigenvalue weighted by molar-refractivity contribution is 6.01. The van der Waals surface area contributed by atoms with E-state index in [1.54, 1.807) is 0 Å². The first-order chi connectivity index (χ1) is 13.9. The highest BCUT2D eigenvalue weighted by atomic mass is 16.3. The fourth-order valence-electron chi connectivity index (χ4n) is 5.54.